The fraction of sp³-hybridized carbons (Fsp3) is 0.292. The minimum Gasteiger partial charge on any atom is -0.345 e. The molecule has 0 bridgehead atoms. The highest BCUT2D eigenvalue weighted by molar-refractivity contribution is 6.36. The van der Waals surface area contributed by atoms with Crippen molar-refractivity contribution in [2.75, 3.05) is 0 Å². The van der Waals surface area contributed by atoms with Crippen LogP contribution in [-0.2, 0) is 4.79 Å². The van der Waals surface area contributed by atoms with Gasteiger partial charge in [-0.25, -0.2) is 4.98 Å². The van der Waals surface area contributed by atoms with Gasteiger partial charge in [-0.2, -0.15) is 0 Å². The molecule has 0 aliphatic carbocycles. The molecule has 0 spiro atoms. The lowest BCUT2D eigenvalue weighted by Gasteiger charge is -2.22. The number of amides is 2. The van der Waals surface area contributed by atoms with Crippen LogP contribution in [0.4, 0.5) is 0 Å². The Morgan fingerprint density at radius 2 is 1.75 bits per heavy atom. The van der Waals surface area contributed by atoms with Crippen molar-refractivity contribution in [3.8, 4) is 11.3 Å². The summed E-state index contributed by atoms with van der Waals surface area (Å²) in [7, 11) is 0. The Morgan fingerprint density at radius 1 is 1.03 bits per heavy atom. The number of carbonyl (C=O) groups excluding carboxylic acids is 2. The molecule has 1 heterocycles. The topological polar surface area (TPSA) is 86.9 Å². The van der Waals surface area contributed by atoms with Gasteiger partial charge in [0.15, 0.2) is 0 Å². The summed E-state index contributed by atoms with van der Waals surface area (Å²) in [6, 6.07) is 13.4. The van der Waals surface area contributed by atoms with Gasteiger partial charge in [0.1, 0.15) is 11.9 Å². The van der Waals surface area contributed by atoms with Crippen LogP contribution in [0.2, 0.25) is 10.0 Å². The molecule has 0 saturated heterocycles. The number of aromatic nitrogens is 2. The fourth-order valence-electron chi connectivity index (χ4n) is 3.32. The Balaban J connectivity index is 1.70. The molecule has 32 heavy (non-hydrogen) atoms. The van der Waals surface area contributed by atoms with E-state index in [1.807, 2.05) is 51.1 Å². The van der Waals surface area contributed by atoms with E-state index in [9.17, 15) is 9.59 Å². The predicted molar refractivity (Wildman–Crippen MR) is 128 cm³/mol. The molecule has 2 amide bonds. The molecule has 1 aromatic heterocycles. The van der Waals surface area contributed by atoms with Crippen molar-refractivity contribution in [3.05, 3.63) is 76.2 Å². The average Bonchev–Trinajstić information content (AvgIpc) is 3.24. The lowest BCUT2D eigenvalue weighted by atomic mass is 10.0. The Kier molecular flexibility index (Phi) is 7.94. The van der Waals surface area contributed by atoms with E-state index in [1.54, 1.807) is 18.3 Å². The monoisotopic (exact) mass is 472 g/mol. The zero-order chi connectivity index (χ0) is 23.3. The second-order valence-corrected chi connectivity index (χ2v) is 8.90. The summed E-state index contributed by atoms with van der Waals surface area (Å²) >= 11 is 12.1. The van der Waals surface area contributed by atoms with Crippen LogP contribution in [0, 0.1) is 5.92 Å². The van der Waals surface area contributed by atoms with Crippen LogP contribution in [0.1, 0.15) is 49.4 Å². The van der Waals surface area contributed by atoms with E-state index in [0.29, 0.717) is 17.3 Å². The maximum absolute atomic E-state index is 13.0. The van der Waals surface area contributed by atoms with E-state index in [0.717, 1.165) is 11.3 Å². The Hall–Kier alpha value is -2.83. The first kappa shape index (κ1) is 23.8. The molecule has 2 unspecified atom stereocenters. The predicted octanol–water partition coefficient (Wildman–Crippen LogP) is 5.41. The number of imidazole rings is 1. The van der Waals surface area contributed by atoms with Crippen LogP contribution in [-0.4, -0.2) is 27.8 Å². The maximum Gasteiger partial charge on any atom is 0.253 e. The zero-order valence-electron chi connectivity index (χ0n) is 18.2. The highest BCUT2D eigenvalue weighted by atomic mass is 35.5. The molecule has 3 aromatic rings. The smallest absolute Gasteiger partial charge is 0.253 e. The van der Waals surface area contributed by atoms with E-state index < -0.39 is 11.9 Å². The number of hydrogen-bond acceptors (Lipinski definition) is 3. The highest BCUT2D eigenvalue weighted by Crippen LogP contribution is 2.22. The molecule has 0 radical (unpaired) electrons. The summed E-state index contributed by atoms with van der Waals surface area (Å²) in [4.78, 5) is 33.4. The number of H-pyrrole nitrogens is 1. The van der Waals surface area contributed by atoms with Gasteiger partial charge in [-0.3, -0.25) is 9.59 Å². The standard InChI is InChI=1S/C24H26Cl2N4O2/c1-14(2)11-20(30-23(31)18-10-9-17(25)12-19(18)26)24(32)28-15(3)22-27-13-21(29-22)16-7-5-4-6-8-16/h4-10,12-15,20H,11H2,1-3H3,(H,27,29)(H,28,32)(H,30,31). The second kappa shape index (κ2) is 10.7. The Morgan fingerprint density at radius 3 is 2.41 bits per heavy atom. The average molecular weight is 473 g/mol. The van der Waals surface area contributed by atoms with Gasteiger partial charge in [0, 0.05) is 5.02 Å². The van der Waals surface area contributed by atoms with Crippen molar-refractivity contribution in [2.45, 2.75) is 39.3 Å². The first-order valence-corrected chi connectivity index (χ1v) is 11.2. The van der Waals surface area contributed by atoms with Crippen LogP contribution in [0.15, 0.2) is 54.7 Å². The van der Waals surface area contributed by atoms with Crippen molar-refractivity contribution in [3.63, 3.8) is 0 Å². The molecule has 3 N–H and O–H groups in total. The van der Waals surface area contributed by atoms with Gasteiger partial charge in [-0.05, 0) is 43.0 Å². The van der Waals surface area contributed by atoms with E-state index in [2.05, 4.69) is 20.6 Å². The number of nitrogens with one attached hydrogen (secondary N) is 3. The first-order valence-electron chi connectivity index (χ1n) is 10.4. The summed E-state index contributed by atoms with van der Waals surface area (Å²) in [6.07, 6.45) is 2.21. The Labute approximate surface area is 197 Å². The SMILES string of the molecule is CC(C)CC(NC(=O)c1ccc(Cl)cc1Cl)C(=O)NC(C)c1ncc(-c2ccccc2)[nH]1. The third kappa shape index (κ3) is 6.11. The van der Waals surface area contributed by atoms with E-state index in [4.69, 9.17) is 23.2 Å². The summed E-state index contributed by atoms with van der Waals surface area (Å²) < 4.78 is 0. The highest BCUT2D eigenvalue weighted by Gasteiger charge is 2.25. The van der Waals surface area contributed by atoms with Gasteiger partial charge < -0.3 is 15.6 Å². The first-order chi connectivity index (χ1) is 15.2. The largest absolute Gasteiger partial charge is 0.345 e. The number of benzene rings is 2. The quantitative estimate of drug-likeness (QED) is 0.409. The molecule has 2 aromatic carbocycles. The van der Waals surface area contributed by atoms with E-state index >= 15 is 0 Å². The third-order valence-corrected chi connectivity index (χ3v) is 5.50. The summed E-state index contributed by atoms with van der Waals surface area (Å²) in [6.45, 7) is 5.82. The lowest BCUT2D eigenvalue weighted by Crippen LogP contribution is -2.48. The number of aromatic amines is 1. The molecule has 168 valence electrons. The van der Waals surface area contributed by atoms with Crippen LogP contribution in [0.3, 0.4) is 0 Å². The van der Waals surface area contributed by atoms with Gasteiger partial charge >= 0.3 is 0 Å². The number of carbonyl (C=O) groups is 2. The van der Waals surface area contributed by atoms with Crippen molar-refractivity contribution in [2.24, 2.45) is 5.92 Å². The summed E-state index contributed by atoms with van der Waals surface area (Å²) in [5.41, 5.74) is 2.14. The summed E-state index contributed by atoms with van der Waals surface area (Å²) in [5.74, 6) is 0.106. The fourth-order valence-corrected chi connectivity index (χ4v) is 3.81. The molecule has 0 saturated carbocycles. The van der Waals surface area contributed by atoms with Crippen LogP contribution < -0.4 is 10.6 Å². The number of halogens is 2. The molecular formula is C24H26Cl2N4O2. The van der Waals surface area contributed by atoms with Gasteiger partial charge in [0.25, 0.3) is 5.91 Å². The minimum absolute atomic E-state index is 0.190. The maximum atomic E-state index is 13.0. The van der Waals surface area contributed by atoms with Crippen LogP contribution >= 0.6 is 23.2 Å². The summed E-state index contributed by atoms with van der Waals surface area (Å²) in [5, 5.41) is 6.42. The second-order valence-electron chi connectivity index (χ2n) is 8.06. The molecular weight excluding hydrogens is 447 g/mol. The molecule has 0 aliphatic heterocycles. The molecule has 0 aliphatic rings. The van der Waals surface area contributed by atoms with Gasteiger partial charge in [0.05, 0.1) is 28.5 Å². The van der Waals surface area contributed by atoms with Crippen molar-refractivity contribution in [1.82, 2.24) is 20.6 Å². The zero-order valence-corrected chi connectivity index (χ0v) is 19.7. The van der Waals surface area contributed by atoms with Gasteiger partial charge in [-0.1, -0.05) is 67.4 Å². The number of nitrogens with zero attached hydrogens (tertiary/aromatic N) is 1. The normalized spacial score (nSPS) is 12.9. The van der Waals surface area contributed by atoms with Gasteiger partial charge in [-0.15, -0.1) is 0 Å². The number of rotatable bonds is 8. The van der Waals surface area contributed by atoms with Gasteiger partial charge in [0.2, 0.25) is 5.91 Å². The minimum atomic E-state index is -0.722. The Bertz CT molecular complexity index is 1080. The van der Waals surface area contributed by atoms with Crippen molar-refractivity contribution in [1.29, 1.82) is 0 Å². The van der Waals surface area contributed by atoms with E-state index in [-0.39, 0.29) is 28.5 Å². The van der Waals surface area contributed by atoms with Crippen LogP contribution in [0.25, 0.3) is 11.3 Å². The molecule has 8 heteroatoms. The van der Waals surface area contributed by atoms with Crippen molar-refractivity contribution >= 4 is 35.0 Å². The molecule has 3 rings (SSSR count). The molecule has 0 fully saturated rings. The van der Waals surface area contributed by atoms with E-state index in [1.165, 1.54) is 6.07 Å². The molecule has 2 atom stereocenters. The van der Waals surface area contributed by atoms with Crippen molar-refractivity contribution < 1.29 is 9.59 Å². The molecule has 6 nitrogen and oxygen atoms in total. The third-order valence-electron chi connectivity index (χ3n) is 4.95. The van der Waals surface area contributed by atoms with Crippen LogP contribution in [0.5, 0.6) is 0 Å². The number of hydrogen-bond donors (Lipinski definition) is 3. The lowest BCUT2D eigenvalue weighted by molar-refractivity contribution is -0.124.